The summed E-state index contributed by atoms with van der Waals surface area (Å²) < 4.78 is 91.2. The van der Waals surface area contributed by atoms with E-state index in [-0.39, 0.29) is 10.6 Å². The van der Waals surface area contributed by atoms with Gasteiger partial charge < -0.3 is 9.82 Å². The Morgan fingerprint density at radius 1 is 0.722 bits per heavy atom. The SMILES string of the molecule is COc1ccc(-c2ccc(C)cc2P(=O)(Nc2c(F)c(F)c(F)c(F)c2F)c2cccc(C)c2)cc1. The van der Waals surface area contributed by atoms with Gasteiger partial charge >= 0.3 is 0 Å². The van der Waals surface area contributed by atoms with Gasteiger partial charge in [-0.1, -0.05) is 47.5 Å². The summed E-state index contributed by atoms with van der Waals surface area (Å²) >= 11 is 0. The minimum absolute atomic E-state index is 0.131. The maximum atomic E-state index is 14.8. The van der Waals surface area contributed by atoms with Crippen molar-refractivity contribution in [3.63, 3.8) is 0 Å². The lowest BCUT2D eigenvalue weighted by Gasteiger charge is -2.25. The van der Waals surface area contributed by atoms with Crippen LogP contribution in [0.3, 0.4) is 0 Å². The zero-order valence-corrected chi connectivity index (χ0v) is 20.4. The molecule has 36 heavy (non-hydrogen) atoms. The zero-order valence-electron chi connectivity index (χ0n) is 19.5. The number of anilines is 1. The van der Waals surface area contributed by atoms with E-state index in [1.807, 2.05) is 0 Å². The number of hydrogen-bond donors (Lipinski definition) is 1. The molecule has 0 aliphatic heterocycles. The third-order valence-corrected chi connectivity index (χ3v) is 8.33. The van der Waals surface area contributed by atoms with Gasteiger partial charge in [-0.05, 0) is 55.3 Å². The van der Waals surface area contributed by atoms with Crippen LogP contribution in [0.1, 0.15) is 11.1 Å². The molecule has 4 aromatic carbocycles. The van der Waals surface area contributed by atoms with Gasteiger partial charge in [0.1, 0.15) is 11.4 Å². The topological polar surface area (TPSA) is 38.3 Å². The van der Waals surface area contributed by atoms with Crippen molar-refractivity contribution in [1.29, 1.82) is 0 Å². The van der Waals surface area contributed by atoms with Crippen LogP contribution in [0.5, 0.6) is 5.75 Å². The van der Waals surface area contributed by atoms with Crippen LogP contribution in [0.4, 0.5) is 27.6 Å². The molecule has 0 aliphatic rings. The summed E-state index contributed by atoms with van der Waals surface area (Å²) in [7, 11) is -2.74. The molecule has 0 bridgehead atoms. The smallest absolute Gasteiger partial charge is 0.227 e. The average molecular weight is 517 g/mol. The van der Waals surface area contributed by atoms with Crippen LogP contribution in [-0.4, -0.2) is 7.11 Å². The highest BCUT2D eigenvalue weighted by atomic mass is 31.2. The molecule has 1 atom stereocenters. The first-order valence-corrected chi connectivity index (χ1v) is 12.5. The second kappa shape index (κ2) is 9.78. The molecule has 0 spiro atoms. The number of rotatable bonds is 6. The van der Waals surface area contributed by atoms with E-state index in [0.29, 0.717) is 28.0 Å². The summed E-state index contributed by atoms with van der Waals surface area (Å²) in [5.74, 6) is -10.2. The Morgan fingerprint density at radius 3 is 1.89 bits per heavy atom. The predicted molar refractivity (Wildman–Crippen MR) is 131 cm³/mol. The van der Waals surface area contributed by atoms with Crippen molar-refractivity contribution in [1.82, 2.24) is 0 Å². The van der Waals surface area contributed by atoms with Gasteiger partial charge in [0, 0.05) is 10.6 Å². The first kappa shape index (κ1) is 25.5. The van der Waals surface area contributed by atoms with Gasteiger partial charge in [-0.2, -0.15) is 0 Å². The first-order valence-electron chi connectivity index (χ1n) is 10.8. The standard InChI is InChI=1S/C27H21F5NO2P/c1-15-5-4-6-19(13-15)36(34,33-27-25(31)23(29)22(28)24(30)26(27)32)21-14-16(2)7-12-20(21)17-8-10-18(35-3)11-9-17/h4-14H,1-3H3,(H,33,34). The maximum absolute atomic E-state index is 14.8. The van der Waals surface area contributed by atoms with Crippen molar-refractivity contribution in [3.05, 3.63) is 107 Å². The van der Waals surface area contributed by atoms with E-state index in [2.05, 4.69) is 5.09 Å². The quantitative estimate of drug-likeness (QED) is 0.129. The number of hydrogen-bond acceptors (Lipinski definition) is 2. The molecule has 0 saturated heterocycles. The summed E-state index contributed by atoms with van der Waals surface area (Å²) in [4.78, 5) is 0. The molecule has 0 amide bonds. The fraction of sp³-hybridized carbons (Fsp3) is 0.111. The monoisotopic (exact) mass is 517 g/mol. The largest absolute Gasteiger partial charge is 0.497 e. The Balaban J connectivity index is 2.02. The summed E-state index contributed by atoms with van der Waals surface area (Å²) in [5.41, 5.74) is 1.06. The number of aryl methyl sites for hydroxylation is 2. The van der Waals surface area contributed by atoms with Crippen molar-refractivity contribution < 1.29 is 31.3 Å². The normalized spacial score (nSPS) is 12.8. The minimum atomic E-state index is -4.25. The molecule has 0 aromatic heterocycles. The summed E-state index contributed by atoms with van der Waals surface area (Å²) in [6.45, 7) is 3.47. The van der Waals surface area contributed by atoms with Crippen molar-refractivity contribution in [2.45, 2.75) is 13.8 Å². The number of methoxy groups -OCH3 is 1. The van der Waals surface area contributed by atoms with Crippen LogP contribution in [0.25, 0.3) is 11.1 Å². The number of halogens is 5. The van der Waals surface area contributed by atoms with Crippen LogP contribution in [0, 0.1) is 42.9 Å². The Morgan fingerprint density at radius 2 is 1.31 bits per heavy atom. The van der Waals surface area contributed by atoms with Crippen LogP contribution >= 0.6 is 7.29 Å². The molecule has 0 aliphatic carbocycles. The van der Waals surface area contributed by atoms with Crippen molar-refractivity contribution >= 4 is 23.6 Å². The number of nitrogens with one attached hydrogen (secondary N) is 1. The van der Waals surface area contributed by atoms with Crippen molar-refractivity contribution in [2.75, 3.05) is 12.2 Å². The highest BCUT2D eigenvalue weighted by molar-refractivity contribution is 7.80. The third kappa shape index (κ3) is 4.49. The highest BCUT2D eigenvalue weighted by Gasteiger charge is 2.35. The molecule has 0 radical (unpaired) electrons. The molecule has 0 heterocycles. The van der Waals surface area contributed by atoms with Crippen molar-refractivity contribution in [2.24, 2.45) is 0 Å². The van der Waals surface area contributed by atoms with E-state index >= 15 is 0 Å². The number of benzene rings is 4. The Labute approximate surface area is 205 Å². The van der Waals surface area contributed by atoms with Crippen LogP contribution < -0.4 is 20.4 Å². The van der Waals surface area contributed by atoms with Gasteiger partial charge in [0.15, 0.2) is 23.3 Å². The van der Waals surface area contributed by atoms with Gasteiger partial charge in [0.2, 0.25) is 13.1 Å². The van der Waals surface area contributed by atoms with E-state index < -0.39 is 42.1 Å². The van der Waals surface area contributed by atoms with E-state index in [4.69, 9.17) is 4.74 Å². The average Bonchev–Trinajstić information content (AvgIpc) is 2.88. The summed E-state index contributed by atoms with van der Waals surface area (Å²) in [6, 6.07) is 18.2. The van der Waals surface area contributed by atoms with Gasteiger partial charge in [-0.25, -0.2) is 22.0 Å². The lowest BCUT2D eigenvalue weighted by atomic mass is 10.0. The molecular formula is C27H21F5NO2P. The fourth-order valence-electron chi connectivity index (χ4n) is 3.87. The lowest BCUT2D eigenvalue weighted by Crippen LogP contribution is -2.25. The second-order valence-corrected chi connectivity index (χ2v) is 10.7. The van der Waals surface area contributed by atoms with Gasteiger partial charge in [0.25, 0.3) is 0 Å². The van der Waals surface area contributed by atoms with Gasteiger partial charge in [0.05, 0.1) is 7.11 Å². The molecule has 4 aromatic rings. The molecule has 9 heteroatoms. The van der Waals surface area contributed by atoms with Gasteiger partial charge in [-0.3, -0.25) is 4.57 Å². The van der Waals surface area contributed by atoms with Gasteiger partial charge in [-0.15, -0.1) is 0 Å². The molecule has 0 fully saturated rings. The highest BCUT2D eigenvalue weighted by Crippen LogP contribution is 2.48. The second-order valence-electron chi connectivity index (χ2n) is 8.25. The molecule has 1 unspecified atom stereocenters. The Kier molecular flexibility index (Phi) is 6.92. The van der Waals surface area contributed by atoms with E-state index in [1.165, 1.54) is 13.2 Å². The molecule has 0 saturated carbocycles. The predicted octanol–water partition coefficient (Wildman–Crippen LogP) is 7.02. The van der Waals surface area contributed by atoms with E-state index in [1.54, 1.807) is 74.5 Å². The lowest BCUT2D eigenvalue weighted by molar-refractivity contribution is 0.382. The van der Waals surface area contributed by atoms with E-state index in [0.717, 1.165) is 0 Å². The summed E-state index contributed by atoms with van der Waals surface area (Å²) in [5, 5.41) is 2.53. The van der Waals surface area contributed by atoms with Crippen LogP contribution in [0.2, 0.25) is 0 Å². The molecular weight excluding hydrogens is 496 g/mol. The first-order chi connectivity index (χ1) is 17.1. The van der Waals surface area contributed by atoms with Crippen LogP contribution in [-0.2, 0) is 4.57 Å². The Hall–Kier alpha value is -3.64. The molecule has 1 N–H and O–H groups in total. The third-order valence-electron chi connectivity index (χ3n) is 5.74. The van der Waals surface area contributed by atoms with Crippen molar-refractivity contribution in [3.8, 4) is 16.9 Å². The fourth-order valence-corrected chi connectivity index (χ4v) is 6.51. The zero-order chi connectivity index (χ0) is 26.2. The molecule has 186 valence electrons. The summed E-state index contributed by atoms with van der Waals surface area (Å²) in [6.07, 6.45) is 0. The number of ether oxygens (including phenoxy) is 1. The molecule has 3 nitrogen and oxygen atoms in total. The van der Waals surface area contributed by atoms with E-state index in [9.17, 15) is 26.5 Å². The van der Waals surface area contributed by atoms with Crippen LogP contribution in [0.15, 0.2) is 66.7 Å². The Bertz CT molecular complexity index is 1480. The minimum Gasteiger partial charge on any atom is -0.497 e. The maximum Gasteiger partial charge on any atom is 0.227 e. The molecule has 4 rings (SSSR count).